The highest BCUT2D eigenvalue weighted by Crippen LogP contribution is 2.23. The Morgan fingerprint density at radius 2 is 1.90 bits per heavy atom. The van der Waals surface area contributed by atoms with E-state index in [1.807, 2.05) is 18.2 Å². The van der Waals surface area contributed by atoms with E-state index in [1.165, 1.54) is 11.0 Å². The molecule has 4 nitrogen and oxygen atoms in total. The predicted molar refractivity (Wildman–Crippen MR) is 79.9 cm³/mol. The number of aromatic hydroxyl groups is 1. The number of halogens is 1. The van der Waals surface area contributed by atoms with Crippen LogP contribution in [0.4, 0.5) is 10.1 Å². The molecule has 0 heterocycles. The zero-order valence-electron chi connectivity index (χ0n) is 11.5. The summed E-state index contributed by atoms with van der Waals surface area (Å²) in [6.07, 6.45) is 0.628. The number of hydrogen-bond donors (Lipinski definition) is 2. The Bertz CT molecular complexity index is 617. The first-order chi connectivity index (χ1) is 10.1. The van der Waals surface area contributed by atoms with Crippen molar-refractivity contribution in [3.8, 4) is 5.75 Å². The lowest BCUT2D eigenvalue weighted by Gasteiger charge is -2.23. The van der Waals surface area contributed by atoms with Crippen LogP contribution in [-0.4, -0.2) is 24.1 Å². The second-order valence-electron chi connectivity index (χ2n) is 4.60. The molecule has 0 radical (unpaired) electrons. The first-order valence-corrected chi connectivity index (χ1v) is 6.69. The lowest BCUT2D eigenvalue weighted by Crippen LogP contribution is -2.33. The van der Waals surface area contributed by atoms with Gasteiger partial charge in [0, 0.05) is 18.3 Å². The zero-order valence-corrected chi connectivity index (χ0v) is 11.5. The molecular weight excluding hydrogens is 271 g/mol. The Balaban J connectivity index is 2.34. The molecule has 2 aromatic rings. The summed E-state index contributed by atoms with van der Waals surface area (Å²) in [6, 6.07) is 12.5. The molecule has 21 heavy (non-hydrogen) atoms. The van der Waals surface area contributed by atoms with Crippen molar-refractivity contribution in [1.82, 2.24) is 0 Å². The van der Waals surface area contributed by atoms with Gasteiger partial charge in [0.25, 0.3) is 5.91 Å². The lowest BCUT2D eigenvalue weighted by molar-refractivity contribution is 0.0984. The molecular formula is C16H17FN2O2. The van der Waals surface area contributed by atoms with Gasteiger partial charge in [0.2, 0.25) is 0 Å². The Labute approximate surface area is 122 Å². The van der Waals surface area contributed by atoms with Crippen LogP contribution in [0.2, 0.25) is 0 Å². The van der Waals surface area contributed by atoms with Crippen LogP contribution in [0.3, 0.4) is 0 Å². The number of carbonyl (C=O) groups excluding carboxylic acids is 1. The quantitative estimate of drug-likeness (QED) is 0.888. The molecule has 0 aromatic heterocycles. The van der Waals surface area contributed by atoms with Crippen molar-refractivity contribution < 1.29 is 14.3 Å². The molecule has 0 aliphatic heterocycles. The first-order valence-electron chi connectivity index (χ1n) is 6.69. The SMILES string of the molecule is NCCCN(C(=O)c1ccc(F)cc1O)c1ccccc1. The topological polar surface area (TPSA) is 66.6 Å². The number of para-hydroxylation sites is 1. The van der Waals surface area contributed by atoms with Gasteiger partial charge in [-0.2, -0.15) is 0 Å². The number of amides is 1. The number of benzene rings is 2. The van der Waals surface area contributed by atoms with Gasteiger partial charge in [-0.25, -0.2) is 4.39 Å². The van der Waals surface area contributed by atoms with Crippen LogP contribution in [-0.2, 0) is 0 Å². The molecule has 0 unspecified atom stereocenters. The minimum Gasteiger partial charge on any atom is -0.507 e. The van der Waals surface area contributed by atoms with Crippen LogP contribution in [0.25, 0.3) is 0 Å². The number of nitrogens with two attached hydrogens (primary N) is 1. The van der Waals surface area contributed by atoms with Crippen molar-refractivity contribution in [1.29, 1.82) is 0 Å². The summed E-state index contributed by atoms with van der Waals surface area (Å²) < 4.78 is 13.0. The van der Waals surface area contributed by atoms with Gasteiger partial charge in [0.05, 0.1) is 5.56 Å². The highest BCUT2D eigenvalue weighted by atomic mass is 19.1. The third-order valence-electron chi connectivity index (χ3n) is 3.09. The molecule has 2 rings (SSSR count). The van der Waals surface area contributed by atoms with Crippen molar-refractivity contribution in [2.75, 3.05) is 18.0 Å². The van der Waals surface area contributed by atoms with E-state index in [0.717, 1.165) is 12.1 Å². The van der Waals surface area contributed by atoms with Gasteiger partial charge in [-0.05, 0) is 37.2 Å². The van der Waals surface area contributed by atoms with Crippen LogP contribution in [0, 0.1) is 5.82 Å². The Morgan fingerprint density at radius 3 is 2.52 bits per heavy atom. The normalized spacial score (nSPS) is 10.4. The van der Waals surface area contributed by atoms with Gasteiger partial charge < -0.3 is 15.7 Å². The van der Waals surface area contributed by atoms with Crippen LogP contribution < -0.4 is 10.6 Å². The fraction of sp³-hybridized carbons (Fsp3) is 0.188. The van der Waals surface area contributed by atoms with Gasteiger partial charge in [-0.15, -0.1) is 0 Å². The first kappa shape index (κ1) is 15.0. The molecule has 0 saturated carbocycles. The van der Waals surface area contributed by atoms with Crippen molar-refractivity contribution in [2.45, 2.75) is 6.42 Å². The number of rotatable bonds is 5. The van der Waals surface area contributed by atoms with E-state index in [9.17, 15) is 14.3 Å². The van der Waals surface area contributed by atoms with Gasteiger partial charge in [0.1, 0.15) is 11.6 Å². The molecule has 0 spiro atoms. The molecule has 0 saturated heterocycles. The van der Waals surface area contributed by atoms with E-state index < -0.39 is 5.82 Å². The van der Waals surface area contributed by atoms with Crippen molar-refractivity contribution >= 4 is 11.6 Å². The number of carbonyl (C=O) groups is 1. The van der Waals surface area contributed by atoms with E-state index in [1.54, 1.807) is 12.1 Å². The highest BCUT2D eigenvalue weighted by Gasteiger charge is 2.20. The maximum Gasteiger partial charge on any atom is 0.262 e. The van der Waals surface area contributed by atoms with Crippen LogP contribution >= 0.6 is 0 Å². The fourth-order valence-electron chi connectivity index (χ4n) is 2.04. The third-order valence-corrected chi connectivity index (χ3v) is 3.09. The number of nitrogens with zero attached hydrogens (tertiary/aromatic N) is 1. The molecule has 110 valence electrons. The molecule has 5 heteroatoms. The van der Waals surface area contributed by atoms with E-state index in [4.69, 9.17) is 5.73 Å². The molecule has 3 N–H and O–H groups in total. The Hall–Kier alpha value is -2.40. The summed E-state index contributed by atoms with van der Waals surface area (Å²) in [7, 11) is 0. The fourth-order valence-corrected chi connectivity index (χ4v) is 2.04. The van der Waals surface area contributed by atoms with E-state index in [-0.39, 0.29) is 17.2 Å². The van der Waals surface area contributed by atoms with Crippen LogP contribution in [0.5, 0.6) is 5.75 Å². The largest absolute Gasteiger partial charge is 0.507 e. The average molecular weight is 288 g/mol. The zero-order chi connectivity index (χ0) is 15.2. The van der Waals surface area contributed by atoms with E-state index in [2.05, 4.69) is 0 Å². The van der Waals surface area contributed by atoms with E-state index >= 15 is 0 Å². The van der Waals surface area contributed by atoms with Gasteiger partial charge in [0.15, 0.2) is 0 Å². The summed E-state index contributed by atoms with van der Waals surface area (Å²) in [5, 5.41) is 9.77. The van der Waals surface area contributed by atoms with Gasteiger partial charge in [-0.1, -0.05) is 18.2 Å². The monoisotopic (exact) mass is 288 g/mol. The molecule has 1 amide bonds. The standard InChI is InChI=1S/C16H17FN2O2/c17-12-7-8-14(15(20)11-12)16(21)19(10-4-9-18)13-5-2-1-3-6-13/h1-3,5-8,11,20H,4,9-10,18H2. The second-order valence-corrected chi connectivity index (χ2v) is 4.60. The molecule has 0 bridgehead atoms. The lowest BCUT2D eigenvalue weighted by atomic mass is 10.1. The van der Waals surface area contributed by atoms with Crippen molar-refractivity contribution in [3.63, 3.8) is 0 Å². The smallest absolute Gasteiger partial charge is 0.262 e. The second kappa shape index (κ2) is 6.85. The van der Waals surface area contributed by atoms with Crippen LogP contribution in [0.15, 0.2) is 48.5 Å². The molecule has 0 aliphatic rings. The Morgan fingerprint density at radius 1 is 1.19 bits per heavy atom. The van der Waals surface area contributed by atoms with Crippen molar-refractivity contribution in [2.24, 2.45) is 5.73 Å². The van der Waals surface area contributed by atoms with Crippen molar-refractivity contribution in [3.05, 3.63) is 59.9 Å². The number of phenolic OH excluding ortho intramolecular Hbond substituents is 1. The third kappa shape index (κ3) is 3.58. The number of anilines is 1. The highest BCUT2D eigenvalue weighted by molar-refractivity contribution is 6.07. The Kier molecular flexibility index (Phi) is 4.90. The molecule has 0 atom stereocenters. The summed E-state index contributed by atoms with van der Waals surface area (Å²) in [4.78, 5) is 14.1. The number of phenols is 1. The molecule has 0 aliphatic carbocycles. The predicted octanol–water partition coefficient (Wildman–Crippen LogP) is 2.53. The summed E-state index contributed by atoms with van der Waals surface area (Å²) in [6.45, 7) is 0.877. The maximum absolute atomic E-state index is 13.0. The van der Waals surface area contributed by atoms with Gasteiger partial charge in [-0.3, -0.25) is 4.79 Å². The molecule has 0 fully saturated rings. The van der Waals surface area contributed by atoms with Crippen LogP contribution in [0.1, 0.15) is 16.8 Å². The number of hydrogen-bond acceptors (Lipinski definition) is 3. The maximum atomic E-state index is 13.0. The van der Waals surface area contributed by atoms with E-state index in [0.29, 0.717) is 25.2 Å². The summed E-state index contributed by atoms with van der Waals surface area (Å²) in [5.74, 6) is -1.34. The van der Waals surface area contributed by atoms with Gasteiger partial charge >= 0.3 is 0 Å². The molecule has 2 aromatic carbocycles. The summed E-state index contributed by atoms with van der Waals surface area (Å²) >= 11 is 0. The average Bonchev–Trinajstić information content (AvgIpc) is 2.48. The minimum atomic E-state index is -0.586. The summed E-state index contributed by atoms with van der Waals surface area (Å²) in [5.41, 5.74) is 6.28. The minimum absolute atomic E-state index is 0.0669.